The van der Waals surface area contributed by atoms with E-state index in [9.17, 15) is 0 Å². The molecule has 0 saturated heterocycles. The molecule has 6 nitrogen and oxygen atoms in total. The van der Waals surface area contributed by atoms with E-state index < -0.39 is 0 Å². The summed E-state index contributed by atoms with van der Waals surface area (Å²) in [6.07, 6.45) is 5.15. The van der Waals surface area contributed by atoms with Crippen LogP contribution in [0.5, 0.6) is 0 Å². The summed E-state index contributed by atoms with van der Waals surface area (Å²) in [5.74, 6) is 2.50. The standard InChI is InChI=1S/C17H28N6/c1-4-14(5-2)13-20-17(18-6-3)19-11-10-16-22-21-15-9-7-8-12-23(15)16/h7-9,12,14H,4-6,10-11,13H2,1-3H3,(H2,18,19,20). The molecule has 0 bridgehead atoms. The third kappa shape index (κ3) is 4.94. The molecular formula is C17H28N6. The Hall–Kier alpha value is -2.11. The van der Waals surface area contributed by atoms with Crippen molar-refractivity contribution >= 4 is 11.6 Å². The van der Waals surface area contributed by atoms with E-state index in [-0.39, 0.29) is 0 Å². The van der Waals surface area contributed by atoms with Gasteiger partial charge in [0.25, 0.3) is 0 Å². The van der Waals surface area contributed by atoms with Gasteiger partial charge in [-0.3, -0.25) is 9.39 Å². The van der Waals surface area contributed by atoms with Crippen molar-refractivity contribution in [3.05, 3.63) is 30.2 Å². The number of hydrogen-bond donors (Lipinski definition) is 2. The molecule has 2 aromatic heterocycles. The van der Waals surface area contributed by atoms with Gasteiger partial charge in [0.05, 0.1) is 0 Å². The number of rotatable bonds is 8. The molecule has 0 spiro atoms. The Balaban J connectivity index is 1.89. The minimum Gasteiger partial charge on any atom is -0.357 e. The summed E-state index contributed by atoms with van der Waals surface area (Å²) in [7, 11) is 0. The van der Waals surface area contributed by atoms with Gasteiger partial charge in [0.1, 0.15) is 5.82 Å². The number of hydrogen-bond acceptors (Lipinski definition) is 3. The molecule has 0 radical (unpaired) electrons. The van der Waals surface area contributed by atoms with Crippen molar-refractivity contribution in [1.29, 1.82) is 0 Å². The van der Waals surface area contributed by atoms with Crippen LogP contribution in [0.4, 0.5) is 0 Å². The highest BCUT2D eigenvalue weighted by molar-refractivity contribution is 5.79. The van der Waals surface area contributed by atoms with E-state index in [4.69, 9.17) is 0 Å². The average molecular weight is 316 g/mol. The third-order valence-electron chi connectivity index (χ3n) is 4.03. The molecule has 0 fully saturated rings. The van der Waals surface area contributed by atoms with Gasteiger partial charge in [-0.2, -0.15) is 0 Å². The van der Waals surface area contributed by atoms with Gasteiger partial charge in [-0.25, -0.2) is 0 Å². The summed E-state index contributed by atoms with van der Waals surface area (Å²) >= 11 is 0. The minimum absolute atomic E-state index is 0.658. The maximum absolute atomic E-state index is 4.69. The van der Waals surface area contributed by atoms with Gasteiger partial charge in [0.2, 0.25) is 0 Å². The number of nitrogens with zero attached hydrogens (tertiary/aromatic N) is 4. The van der Waals surface area contributed by atoms with Crippen LogP contribution in [0.25, 0.3) is 5.65 Å². The lowest BCUT2D eigenvalue weighted by atomic mass is 10.0. The van der Waals surface area contributed by atoms with Crippen LogP contribution < -0.4 is 10.6 Å². The quantitative estimate of drug-likeness (QED) is 0.579. The molecular weight excluding hydrogens is 288 g/mol. The highest BCUT2D eigenvalue weighted by Gasteiger charge is 2.06. The van der Waals surface area contributed by atoms with Crippen LogP contribution in [0.2, 0.25) is 0 Å². The Labute approximate surface area is 138 Å². The summed E-state index contributed by atoms with van der Waals surface area (Å²) in [6, 6.07) is 5.93. The van der Waals surface area contributed by atoms with Crippen molar-refractivity contribution < 1.29 is 0 Å². The zero-order chi connectivity index (χ0) is 16.5. The molecule has 2 rings (SSSR count). The van der Waals surface area contributed by atoms with E-state index in [0.717, 1.165) is 43.5 Å². The van der Waals surface area contributed by atoms with Gasteiger partial charge >= 0.3 is 0 Å². The molecule has 0 aliphatic rings. The molecule has 6 heteroatoms. The SMILES string of the molecule is CCNC(=NCC(CC)CC)NCCc1nnc2ccccn12. The topological polar surface area (TPSA) is 66.6 Å². The summed E-state index contributed by atoms with van der Waals surface area (Å²) < 4.78 is 2.02. The summed E-state index contributed by atoms with van der Waals surface area (Å²) in [6.45, 7) is 9.05. The first-order chi connectivity index (χ1) is 11.3. The van der Waals surface area contributed by atoms with E-state index >= 15 is 0 Å². The fourth-order valence-electron chi connectivity index (χ4n) is 2.46. The molecule has 2 heterocycles. The molecule has 0 unspecified atom stereocenters. The predicted molar refractivity (Wildman–Crippen MR) is 94.7 cm³/mol. The second-order valence-electron chi connectivity index (χ2n) is 5.62. The normalized spacial score (nSPS) is 12.1. The van der Waals surface area contributed by atoms with Crippen molar-refractivity contribution in [2.45, 2.75) is 40.0 Å². The third-order valence-corrected chi connectivity index (χ3v) is 4.03. The number of aliphatic imine (C=N–C) groups is 1. The monoisotopic (exact) mass is 316 g/mol. The van der Waals surface area contributed by atoms with Gasteiger partial charge in [0.15, 0.2) is 11.6 Å². The highest BCUT2D eigenvalue weighted by atomic mass is 15.2. The van der Waals surface area contributed by atoms with Gasteiger partial charge in [-0.1, -0.05) is 32.8 Å². The maximum atomic E-state index is 4.69. The largest absolute Gasteiger partial charge is 0.357 e. The molecule has 2 aromatic rings. The Morgan fingerprint density at radius 2 is 2.00 bits per heavy atom. The molecule has 0 aromatic carbocycles. The van der Waals surface area contributed by atoms with Crippen molar-refractivity contribution in [1.82, 2.24) is 25.2 Å². The van der Waals surface area contributed by atoms with Crippen LogP contribution in [0, 0.1) is 5.92 Å². The first-order valence-electron chi connectivity index (χ1n) is 8.59. The van der Waals surface area contributed by atoms with Crippen molar-refractivity contribution in [3.8, 4) is 0 Å². The number of fused-ring (bicyclic) bond motifs is 1. The molecule has 0 amide bonds. The smallest absolute Gasteiger partial charge is 0.191 e. The van der Waals surface area contributed by atoms with E-state index in [1.54, 1.807) is 0 Å². The predicted octanol–water partition coefficient (Wildman–Crippen LogP) is 2.26. The van der Waals surface area contributed by atoms with E-state index in [1.807, 2.05) is 28.8 Å². The second kappa shape index (κ2) is 9.12. The van der Waals surface area contributed by atoms with Crippen LogP contribution in [-0.2, 0) is 6.42 Å². The van der Waals surface area contributed by atoms with E-state index in [2.05, 4.69) is 46.6 Å². The first kappa shape index (κ1) is 17.2. The molecule has 0 atom stereocenters. The van der Waals surface area contributed by atoms with E-state index in [1.165, 1.54) is 12.8 Å². The van der Waals surface area contributed by atoms with Crippen molar-refractivity contribution in [2.24, 2.45) is 10.9 Å². The lowest BCUT2D eigenvalue weighted by Crippen LogP contribution is -2.38. The molecule has 0 aliphatic carbocycles. The Kier molecular flexibility index (Phi) is 6.84. The molecule has 0 aliphatic heterocycles. The zero-order valence-electron chi connectivity index (χ0n) is 14.4. The fraction of sp³-hybridized carbons (Fsp3) is 0.588. The summed E-state index contributed by atoms with van der Waals surface area (Å²) in [5.41, 5.74) is 0.886. The Morgan fingerprint density at radius 3 is 2.74 bits per heavy atom. The van der Waals surface area contributed by atoms with Gasteiger partial charge in [-0.05, 0) is 25.0 Å². The molecule has 126 valence electrons. The number of nitrogens with one attached hydrogen (secondary N) is 2. The van der Waals surface area contributed by atoms with Crippen LogP contribution in [0.1, 0.15) is 39.4 Å². The number of guanidine groups is 1. The minimum atomic E-state index is 0.658. The van der Waals surface area contributed by atoms with Crippen LogP contribution >= 0.6 is 0 Å². The Bertz CT molecular complexity index is 614. The molecule has 0 saturated carbocycles. The Morgan fingerprint density at radius 1 is 1.17 bits per heavy atom. The van der Waals surface area contributed by atoms with E-state index in [0.29, 0.717) is 5.92 Å². The van der Waals surface area contributed by atoms with Crippen molar-refractivity contribution in [2.75, 3.05) is 19.6 Å². The van der Waals surface area contributed by atoms with Gasteiger partial charge in [0, 0.05) is 32.3 Å². The molecule has 23 heavy (non-hydrogen) atoms. The van der Waals surface area contributed by atoms with Crippen LogP contribution in [0.15, 0.2) is 29.4 Å². The zero-order valence-corrected chi connectivity index (χ0v) is 14.4. The van der Waals surface area contributed by atoms with Gasteiger partial charge in [-0.15, -0.1) is 10.2 Å². The van der Waals surface area contributed by atoms with Gasteiger partial charge < -0.3 is 10.6 Å². The maximum Gasteiger partial charge on any atom is 0.191 e. The molecule has 2 N–H and O–H groups in total. The lowest BCUT2D eigenvalue weighted by molar-refractivity contribution is 0.504. The fourth-order valence-corrected chi connectivity index (χ4v) is 2.46. The summed E-state index contributed by atoms with van der Waals surface area (Å²) in [4.78, 5) is 4.69. The lowest BCUT2D eigenvalue weighted by Gasteiger charge is -2.13. The number of aromatic nitrogens is 3. The number of pyridine rings is 1. The second-order valence-corrected chi connectivity index (χ2v) is 5.62. The highest BCUT2D eigenvalue weighted by Crippen LogP contribution is 2.07. The first-order valence-corrected chi connectivity index (χ1v) is 8.59. The summed E-state index contributed by atoms with van der Waals surface area (Å²) in [5, 5.41) is 15.1. The van der Waals surface area contributed by atoms with Crippen LogP contribution in [-0.4, -0.2) is 40.2 Å². The average Bonchev–Trinajstić information content (AvgIpc) is 2.99. The van der Waals surface area contributed by atoms with Crippen molar-refractivity contribution in [3.63, 3.8) is 0 Å². The van der Waals surface area contributed by atoms with Crippen LogP contribution in [0.3, 0.4) is 0 Å².